The Labute approximate surface area is 181 Å². The molecule has 0 fully saturated rings. The van der Waals surface area contributed by atoms with Crippen molar-refractivity contribution in [2.45, 2.75) is 40.7 Å². The van der Waals surface area contributed by atoms with Crippen LogP contribution in [-0.4, -0.2) is 20.3 Å². The molecule has 1 N–H and O–H groups in total. The summed E-state index contributed by atoms with van der Waals surface area (Å²) in [6.45, 7) is 8.08. The quantitative estimate of drug-likeness (QED) is 0.537. The third-order valence-electron chi connectivity index (χ3n) is 5.70. The second-order valence-electron chi connectivity index (χ2n) is 7.76. The third-order valence-corrected chi connectivity index (χ3v) is 5.70. The van der Waals surface area contributed by atoms with Crippen LogP contribution in [0.25, 0.3) is 22.1 Å². The van der Waals surface area contributed by atoms with Crippen LogP contribution in [0.4, 0.5) is 0 Å². The van der Waals surface area contributed by atoms with Crippen LogP contribution in [0.15, 0.2) is 59.5 Å². The number of nitrogens with one attached hydrogen (secondary N) is 1. The minimum Gasteiger partial charge on any atom is -0.352 e. The monoisotopic (exact) mass is 414 g/mol. The Morgan fingerprint density at radius 2 is 1.74 bits per heavy atom. The fourth-order valence-electron chi connectivity index (χ4n) is 4.03. The first-order valence-electron chi connectivity index (χ1n) is 10.4. The molecular weight excluding hydrogens is 388 g/mol. The molecule has 0 saturated carbocycles. The van der Waals surface area contributed by atoms with Crippen molar-refractivity contribution in [2.24, 2.45) is 0 Å². The van der Waals surface area contributed by atoms with Crippen molar-refractivity contribution in [3.63, 3.8) is 0 Å². The van der Waals surface area contributed by atoms with Crippen molar-refractivity contribution < 1.29 is 4.79 Å². The van der Waals surface area contributed by atoms with Gasteiger partial charge in [0.05, 0.1) is 17.3 Å². The zero-order valence-electron chi connectivity index (χ0n) is 18.3. The lowest BCUT2D eigenvalue weighted by Crippen LogP contribution is -2.21. The first-order valence-corrected chi connectivity index (χ1v) is 10.4. The number of amides is 1. The largest absolute Gasteiger partial charge is 0.352 e. The highest BCUT2D eigenvalue weighted by Gasteiger charge is 2.18. The summed E-state index contributed by atoms with van der Waals surface area (Å²) in [5, 5.41) is 8.76. The van der Waals surface area contributed by atoms with Gasteiger partial charge in [0.15, 0.2) is 0 Å². The average Bonchev–Trinajstić information content (AvgIpc) is 3.03. The maximum absolute atomic E-state index is 13.4. The minimum atomic E-state index is -0.141. The van der Waals surface area contributed by atoms with Gasteiger partial charge in [-0.1, -0.05) is 31.2 Å². The molecule has 0 unspecified atom stereocenters. The van der Waals surface area contributed by atoms with Gasteiger partial charge in [-0.15, -0.1) is 0 Å². The molecule has 0 aliphatic heterocycles. The third kappa shape index (κ3) is 3.77. The smallest absolute Gasteiger partial charge is 0.281 e. The van der Waals surface area contributed by atoms with E-state index in [0.29, 0.717) is 17.6 Å². The van der Waals surface area contributed by atoms with Crippen molar-refractivity contribution in [2.75, 3.05) is 0 Å². The van der Waals surface area contributed by atoms with Crippen molar-refractivity contribution in [1.29, 1.82) is 0 Å². The highest BCUT2D eigenvalue weighted by molar-refractivity contribution is 5.88. The summed E-state index contributed by atoms with van der Waals surface area (Å²) in [7, 11) is 0. The number of carbonyl (C=O) groups excluding carboxylic acids is 1. The predicted molar refractivity (Wildman–Crippen MR) is 123 cm³/mol. The maximum atomic E-state index is 13.4. The van der Waals surface area contributed by atoms with Crippen LogP contribution in [-0.2, 0) is 17.8 Å². The van der Waals surface area contributed by atoms with E-state index in [0.717, 1.165) is 34.4 Å². The average molecular weight is 415 g/mol. The molecular formula is C25H26N4O2. The number of aromatic nitrogens is 3. The van der Waals surface area contributed by atoms with Gasteiger partial charge in [-0.2, -0.15) is 9.78 Å². The van der Waals surface area contributed by atoms with E-state index in [1.54, 1.807) is 6.20 Å². The number of carbonyl (C=O) groups is 1. The van der Waals surface area contributed by atoms with Gasteiger partial charge < -0.3 is 9.88 Å². The van der Waals surface area contributed by atoms with Gasteiger partial charge in [0.1, 0.15) is 0 Å². The molecule has 31 heavy (non-hydrogen) atoms. The molecule has 0 bridgehead atoms. The summed E-state index contributed by atoms with van der Waals surface area (Å²) in [4.78, 5) is 24.5. The molecule has 0 aliphatic rings. The van der Waals surface area contributed by atoms with E-state index < -0.39 is 0 Å². The van der Waals surface area contributed by atoms with Gasteiger partial charge in [0.2, 0.25) is 5.91 Å². The van der Waals surface area contributed by atoms with E-state index >= 15 is 0 Å². The van der Waals surface area contributed by atoms with E-state index in [1.165, 1.54) is 17.2 Å². The minimum absolute atomic E-state index is 0.0766. The Morgan fingerprint density at radius 1 is 1.00 bits per heavy atom. The summed E-state index contributed by atoms with van der Waals surface area (Å²) in [5.41, 5.74) is 5.73. The van der Waals surface area contributed by atoms with Crippen molar-refractivity contribution >= 4 is 16.7 Å². The summed E-state index contributed by atoms with van der Waals surface area (Å²) < 4.78 is 3.57. The number of rotatable bonds is 5. The van der Waals surface area contributed by atoms with Crippen LogP contribution in [0.5, 0.6) is 0 Å². The first kappa shape index (κ1) is 20.6. The van der Waals surface area contributed by atoms with Crippen LogP contribution in [0, 0.1) is 13.8 Å². The van der Waals surface area contributed by atoms with Gasteiger partial charge in [0, 0.05) is 35.9 Å². The molecule has 158 valence electrons. The normalized spacial score (nSPS) is 11.1. The molecule has 0 radical (unpaired) electrons. The lowest BCUT2D eigenvalue weighted by Gasteiger charge is -2.10. The van der Waals surface area contributed by atoms with Gasteiger partial charge in [0.25, 0.3) is 5.56 Å². The zero-order valence-corrected chi connectivity index (χ0v) is 18.3. The number of benzene rings is 2. The fourth-order valence-corrected chi connectivity index (χ4v) is 4.03. The lowest BCUT2D eigenvalue weighted by atomic mass is 10.1. The van der Waals surface area contributed by atoms with E-state index in [1.807, 2.05) is 38.1 Å². The van der Waals surface area contributed by atoms with Crippen LogP contribution >= 0.6 is 0 Å². The fraction of sp³-hybridized carbons (Fsp3) is 0.240. The molecule has 1 amide bonds. The summed E-state index contributed by atoms with van der Waals surface area (Å²) >= 11 is 0. The van der Waals surface area contributed by atoms with Crippen molar-refractivity contribution in [3.8, 4) is 11.4 Å². The molecule has 4 aromatic rings. The second kappa shape index (κ2) is 8.22. The van der Waals surface area contributed by atoms with Crippen molar-refractivity contribution in [3.05, 3.63) is 87.6 Å². The van der Waals surface area contributed by atoms with E-state index in [4.69, 9.17) is 0 Å². The molecule has 0 atom stereocenters. The van der Waals surface area contributed by atoms with E-state index in [2.05, 4.69) is 46.2 Å². The Morgan fingerprint density at radius 3 is 2.42 bits per heavy atom. The standard InChI is InChI=1S/C25H26N4O2/c1-5-19-7-6-8-22(13-19)28-16(2)23-15-27-29(25(31)24(23)17(28)3)21-11-9-20(10-12-21)14-26-18(4)30/h6-13,15H,5,14H2,1-4H3,(H,26,30). The molecule has 4 rings (SSSR count). The first-order chi connectivity index (χ1) is 14.9. The van der Waals surface area contributed by atoms with Crippen LogP contribution in [0.2, 0.25) is 0 Å². The zero-order chi connectivity index (χ0) is 22.1. The predicted octanol–water partition coefficient (Wildman–Crippen LogP) is 3.99. The molecule has 0 aliphatic carbocycles. The highest BCUT2D eigenvalue weighted by atomic mass is 16.1. The topological polar surface area (TPSA) is 68.9 Å². The number of hydrogen-bond donors (Lipinski definition) is 1. The number of fused-ring (bicyclic) bond motifs is 1. The van der Waals surface area contributed by atoms with Crippen molar-refractivity contribution in [1.82, 2.24) is 19.7 Å². The van der Waals surface area contributed by atoms with E-state index in [9.17, 15) is 9.59 Å². The summed E-state index contributed by atoms with van der Waals surface area (Å²) in [5.74, 6) is -0.0766. The summed E-state index contributed by atoms with van der Waals surface area (Å²) in [6.07, 6.45) is 2.73. The Balaban J connectivity index is 1.80. The number of hydrogen-bond acceptors (Lipinski definition) is 3. The molecule has 2 heterocycles. The SMILES string of the molecule is CCc1cccc(-n2c(C)c3cnn(-c4ccc(CNC(C)=O)cc4)c(=O)c3c2C)c1. The van der Waals surface area contributed by atoms with Gasteiger partial charge in [-0.25, -0.2) is 0 Å². The lowest BCUT2D eigenvalue weighted by molar-refractivity contribution is -0.119. The maximum Gasteiger partial charge on any atom is 0.281 e. The van der Waals surface area contributed by atoms with Crippen LogP contribution in [0.3, 0.4) is 0 Å². The van der Waals surface area contributed by atoms with E-state index in [-0.39, 0.29) is 11.5 Å². The van der Waals surface area contributed by atoms with Crippen LogP contribution in [0.1, 0.15) is 36.4 Å². The molecule has 2 aromatic heterocycles. The number of aryl methyl sites for hydroxylation is 3. The van der Waals surface area contributed by atoms with Crippen LogP contribution < -0.4 is 10.9 Å². The Kier molecular flexibility index (Phi) is 5.46. The molecule has 6 nitrogen and oxygen atoms in total. The Hall–Kier alpha value is -3.67. The molecule has 0 spiro atoms. The Bertz CT molecular complexity index is 1330. The van der Waals surface area contributed by atoms with Gasteiger partial charge >= 0.3 is 0 Å². The number of nitrogens with zero attached hydrogens (tertiary/aromatic N) is 3. The van der Waals surface area contributed by atoms with Gasteiger partial charge in [-0.05, 0) is 55.7 Å². The second-order valence-corrected chi connectivity index (χ2v) is 7.76. The highest BCUT2D eigenvalue weighted by Crippen LogP contribution is 2.26. The van der Waals surface area contributed by atoms with Gasteiger partial charge in [-0.3, -0.25) is 9.59 Å². The summed E-state index contributed by atoms with van der Waals surface area (Å²) in [6, 6.07) is 15.9. The molecule has 2 aromatic carbocycles. The molecule has 0 saturated heterocycles. The molecule has 6 heteroatoms.